The van der Waals surface area contributed by atoms with Crippen molar-refractivity contribution in [2.75, 3.05) is 0 Å². The molecule has 0 unspecified atom stereocenters. The first-order valence-electron chi connectivity index (χ1n) is 11.5. The van der Waals surface area contributed by atoms with E-state index in [4.69, 9.17) is 21.7 Å². The molecule has 2 heterocycles. The van der Waals surface area contributed by atoms with Crippen molar-refractivity contribution in [2.45, 2.75) is 6.61 Å². The van der Waals surface area contributed by atoms with Crippen LogP contribution >= 0.6 is 23.4 Å². The van der Waals surface area contributed by atoms with Crippen LogP contribution in [0.5, 0.6) is 5.75 Å². The summed E-state index contributed by atoms with van der Waals surface area (Å²) in [4.78, 5) is 16.9. The number of aliphatic imine (C=N–C) groups is 1. The summed E-state index contributed by atoms with van der Waals surface area (Å²) in [5.41, 5.74) is 2.76. The fourth-order valence-electron chi connectivity index (χ4n) is 4.14. The van der Waals surface area contributed by atoms with Crippen LogP contribution in [0.25, 0.3) is 16.8 Å². The highest BCUT2D eigenvalue weighted by Gasteiger charge is 2.36. The molecule has 2 aliphatic rings. The Morgan fingerprint density at radius 3 is 2.54 bits per heavy atom. The second kappa shape index (κ2) is 9.69. The Morgan fingerprint density at radius 1 is 0.946 bits per heavy atom. The smallest absolute Gasteiger partial charge is 0.283 e. The van der Waals surface area contributed by atoms with Gasteiger partial charge in [-0.3, -0.25) is 10.2 Å². The number of carbonyl (C=O) groups excluding carboxylic acids is 1. The molecule has 6 rings (SSSR count). The van der Waals surface area contributed by atoms with Crippen LogP contribution in [0.15, 0.2) is 107 Å². The van der Waals surface area contributed by atoms with E-state index in [0.717, 1.165) is 16.7 Å². The van der Waals surface area contributed by atoms with Crippen LogP contribution in [0.2, 0.25) is 5.02 Å². The summed E-state index contributed by atoms with van der Waals surface area (Å²) >= 11 is 7.52. The highest BCUT2D eigenvalue weighted by atomic mass is 35.5. The van der Waals surface area contributed by atoms with Crippen LogP contribution < -0.4 is 4.74 Å². The lowest BCUT2D eigenvalue weighted by molar-refractivity contribution is -0.114. The van der Waals surface area contributed by atoms with E-state index < -0.39 is 5.91 Å². The third-order valence-corrected chi connectivity index (χ3v) is 7.30. The molecule has 8 heteroatoms. The maximum absolute atomic E-state index is 12.8. The highest BCUT2D eigenvalue weighted by Crippen LogP contribution is 2.33. The van der Waals surface area contributed by atoms with Crippen molar-refractivity contribution in [3.05, 3.63) is 118 Å². The lowest BCUT2D eigenvalue weighted by Gasteiger charge is -2.20. The maximum atomic E-state index is 12.8. The zero-order chi connectivity index (χ0) is 25.4. The largest absolute Gasteiger partial charge is 0.489 e. The second-order valence-electron chi connectivity index (χ2n) is 8.40. The summed E-state index contributed by atoms with van der Waals surface area (Å²) in [5.74, 6) is 0.210. The summed E-state index contributed by atoms with van der Waals surface area (Å²) in [7, 11) is 0. The molecule has 0 bridgehead atoms. The van der Waals surface area contributed by atoms with Crippen LogP contribution in [0.4, 0.5) is 0 Å². The quantitative estimate of drug-likeness (QED) is 0.294. The minimum atomic E-state index is -0.476. The van der Waals surface area contributed by atoms with E-state index >= 15 is 0 Å². The molecular weight excluding hydrogens is 504 g/mol. The van der Waals surface area contributed by atoms with Gasteiger partial charge < -0.3 is 4.74 Å². The number of thioether (sulfide) groups is 1. The van der Waals surface area contributed by atoms with E-state index in [1.165, 1.54) is 27.5 Å². The molecule has 0 saturated heterocycles. The molecule has 2 aliphatic heterocycles. The summed E-state index contributed by atoms with van der Waals surface area (Å²) < 4.78 is 6.02. The van der Waals surface area contributed by atoms with Crippen molar-refractivity contribution < 1.29 is 9.53 Å². The summed E-state index contributed by atoms with van der Waals surface area (Å²) in [6.07, 6.45) is 1.65. The Morgan fingerprint density at radius 2 is 1.70 bits per heavy atom. The monoisotopic (exact) mass is 522 g/mol. The predicted molar refractivity (Wildman–Crippen MR) is 150 cm³/mol. The van der Waals surface area contributed by atoms with Crippen molar-refractivity contribution in [1.82, 2.24) is 5.01 Å². The predicted octanol–water partition coefficient (Wildman–Crippen LogP) is 6.74. The van der Waals surface area contributed by atoms with Crippen molar-refractivity contribution in [3.8, 4) is 5.75 Å². The number of nitrogens with one attached hydrogen (secondary N) is 1. The number of nitrogens with zero attached hydrogens (tertiary/aromatic N) is 3. The molecule has 0 spiro atoms. The molecule has 6 nitrogen and oxygen atoms in total. The lowest BCUT2D eigenvalue weighted by atomic mass is 10.1. The van der Waals surface area contributed by atoms with E-state index in [1.54, 1.807) is 12.1 Å². The Labute approximate surface area is 222 Å². The SMILES string of the molecule is N=C1/C(=C/c2ccc(OCc3cccc4ccccc34)cc2)C(=O)N=C2SC(c3ccccc3Cl)=NN12. The molecule has 0 aliphatic carbocycles. The molecule has 4 aromatic carbocycles. The van der Waals surface area contributed by atoms with E-state index in [2.05, 4.69) is 34.4 Å². The van der Waals surface area contributed by atoms with Gasteiger partial charge in [0.15, 0.2) is 5.84 Å². The van der Waals surface area contributed by atoms with Gasteiger partial charge in [-0.05, 0) is 57.9 Å². The summed E-state index contributed by atoms with van der Waals surface area (Å²) in [6, 6.07) is 29.1. The molecule has 0 atom stereocenters. The first-order chi connectivity index (χ1) is 18.1. The molecule has 1 amide bonds. The maximum Gasteiger partial charge on any atom is 0.283 e. The highest BCUT2D eigenvalue weighted by molar-refractivity contribution is 8.27. The van der Waals surface area contributed by atoms with E-state index in [0.29, 0.717) is 27.6 Å². The molecule has 4 aromatic rings. The third-order valence-electron chi connectivity index (χ3n) is 6.02. The van der Waals surface area contributed by atoms with Gasteiger partial charge in [-0.25, -0.2) is 0 Å². The topological polar surface area (TPSA) is 78.1 Å². The number of hydrazone groups is 1. The number of benzene rings is 4. The molecule has 0 aromatic heterocycles. The minimum absolute atomic E-state index is 0.0270. The van der Waals surface area contributed by atoms with E-state index in [1.807, 2.05) is 60.7 Å². The van der Waals surface area contributed by atoms with Gasteiger partial charge in [0.2, 0.25) is 5.17 Å². The van der Waals surface area contributed by atoms with Gasteiger partial charge in [-0.15, -0.1) is 0 Å². The standard InChI is InChI=1S/C29H19ClN4O2S/c30-25-11-4-3-10-23(25)28-33-34-26(31)24(27(35)32-29(34)37-28)16-18-12-14-21(15-13-18)36-17-20-8-5-7-19-6-1-2-9-22(19)20/h1-16,31H,17H2/b24-16-,31-26?. The molecule has 0 radical (unpaired) electrons. The van der Waals surface area contributed by atoms with Gasteiger partial charge in [0.25, 0.3) is 5.91 Å². The Balaban J connectivity index is 1.19. The Bertz CT molecular complexity index is 1660. The third kappa shape index (κ3) is 4.55. The fraction of sp³-hybridized carbons (Fsp3) is 0.0345. The molecule has 0 fully saturated rings. The second-order valence-corrected chi connectivity index (χ2v) is 9.76. The van der Waals surface area contributed by atoms with Gasteiger partial charge in [-0.2, -0.15) is 15.1 Å². The number of fused-ring (bicyclic) bond motifs is 2. The zero-order valence-corrected chi connectivity index (χ0v) is 21.0. The van der Waals surface area contributed by atoms with Crippen molar-refractivity contribution in [2.24, 2.45) is 10.1 Å². The number of ether oxygens (including phenoxy) is 1. The number of amides is 1. The Hall–Kier alpha value is -4.20. The minimum Gasteiger partial charge on any atom is -0.489 e. The first kappa shape index (κ1) is 23.2. The van der Waals surface area contributed by atoms with E-state index in [-0.39, 0.29) is 11.4 Å². The van der Waals surface area contributed by atoms with Crippen LogP contribution in [-0.2, 0) is 11.4 Å². The number of carbonyl (C=O) groups is 1. The van der Waals surface area contributed by atoms with Gasteiger partial charge >= 0.3 is 0 Å². The average molecular weight is 523 g/mol. The number of rotatable bonds is 5. The van der Waals surface area contributed by atoms with Gasteiger partial charge in [0, 0.05) is 5.56 Å². The van der Waals surface area contributed by atoms with Crippen molar-refractivity contribution in [3.63, 3.8) is 0 Å². The van der Waals surface area contributed by atoms with Gasteiger partial charge in [-0.1, -0.05) is 84.4 Å². The molecule has 37 heavy (non-hydrogen) atoms. The van der Waals surface area contributed by atoms with Crippen LogP contribution in [0.3, 0.4) is 0 Å². The Kier molecular flexibility index (Phi) is 6.08. The van der Waals surface area contributed by atoms with Crippen molar-refractivity contribution in [1.29, 1.82) is 5.41 Å². The van der Waals surface area contributed by atoms with E-state index in [9.17, 15) is 4.79 Å². The van der Waals surface area contributed by atoms with Crippen molar-refractivity contribution >= 4 is 62.2 Å². The van der Waals surface area contributed by atoms with Gasteiger partial charge in [0.05, 0.1) is 10.6 Å². The molecule has 1 N–H and O–H groups in total. The van der Waals surface area contributed by atoms with Gasteiger partial charge in [0.1, 0.15) is 17.4 Å². The first-order valence-corrected chi connectivity index (χ1v) is 12.7. The zero-order valence-electron chi connectivity index (χ0n) is 19.4. The molecular formula is C29H19ClN4O2S. The number of hydrogen-bond donors (Lipinski definition) is 1. The normalized spacial score (nSPS) is 16.1. The summed E-state index contributed by atoms with van der Waals surface area (Å²) in [5, 5.41) is 18.3. The molecule has 0 saturated carbocycles. The molecule has 180 valence electrons. The van der Waals surface area contributed by atoms with Crippen LogP contribution in [0.1, 0.15) is 16.7 Å². The van der Waals surface area contributed by atoms with Crippen LogP contribution in [-0.4, -0.2) is 27.0 Å². The number of hydrogen-bond acceptors (Lipinski definition) is 5. The lowest BCUT2D eigenvalue weighted by Crippen LogP contribution is -2.35. The number of amidine groups is 2. The summed E-state index contributed by atoms with van der Waals surface area (Å²) in [6.45, 7) is 0.445. The van der Waals surface area contributed by atoms with Crippen LogP contribution in [0, 0.1) is 5.41 Å². The number of halogens is 1. The average Bonchev–Trinajstić information content (AvgIpc) is 3.34. The fourth-order valence-corrected chi connectivity index (χ4v) is 5.35.